The Labute approximate surface area is 152 Å². The van der Waals surface area contributed by atoms with Crippen molar-refractivity contribution in [3.8, 4) is 17.0 Å². The van der Waals surface area contributed by atoms with E-state index in [1.54, 1.807) is 18.6 Å². The van der Waals surface area contributed by atoms with E-state index in [2.05, 4.69) is 26.3 Å². The van der Waals surface area contributed by atoms with Crippen LogP contribution in [0.5, 0.6) is 5.75 Å². The molecule has 3 aromatic rings. The minimum atomic E-state index is -0.677. The fourth-order valence-electron chi connectivity index (χ4n) is 2.54. The van der Waals surface area contributed by atoms with Crippen molar-refractivity contribution in [2.45, 2.75) is 20.0 Å². The van der Waals surface area contributed by atoms with Crippen molar-refractivity contribution in [1.29, 1.82) is 0 Å². The smallest absolute Gasteiger partial charge is 0.223 e. The van der Waals surface area contributed by atoms with Crippen molar-refractivity contribution in [3.63, 3.8) is 0 Å². The third kappa shape index (κ3) is 4.77. The largest absolute Gasteiger partial charge is 0.491 e. The third-order valence-corrected chi connectivity index (χ3v) is 3.89. The van der Waals surface area contributed by atoms with Crippen molar-refractivity contribution >= 4 is 5.95 Å². The highest BCUT2D eigenvalue weighted by atomic mass is 16.5. The number of nitrogens with one attached hydrogen (secondary N) is 1. The first-order valence-corrected chi connectivity index (χ1v) is 8.47. The van der Waals surface area contributed by atoms with E-state index in [0.717, 1.165) is 22.6 Å². The average molecular weight is 350 g/mol. The number of hydrogen-bond donors (Lipinski definition) is 2. The van der Waals surface area contributed by atoms with Gasteiger partial charge in [-0.15, -0.1) is 0 Å². The molecule has 6 heteroatoms. The highest BCUT2D eigenvalue weighted by Crippen LogP contribution is 2.19. The lowest BCUT2D eigenvalue weighted by molar-refractivity contribution is 0.117. The van der Waals surface area contributed by atoms with E-state index in [1.807, 2.05) is 44.2 Å². The molecule has 0 unspecified atom stereocenters. The van der Waals surface area contributed by atoms with Crippen LogP contribution in [0.4, 0.5) is 5.95 Å². The van der Waals surface area contributed by atoms with Gasteiger partial charge in [-0.05, 0) is 43.7 Å². The third-order valence-electron chi connectivity index (χ3n) is 3.89. The number of aliphatic hydroxyl groups is 1. The molecule has 0 aliphatic carbocycles. The van der Waals surface area contributed by atoms with Crippen molar-refractivity contribution in [2.75, 3.05) is 18.5 Å². The van der Waals surface area contributed by atoms with Gasteiger partial charge in [0.15, 0.2) is 0 Å². The van der Waals surface area contributed by atoms with Gasteiger partial charge in [0.05, 0.1) is 5.69 Å². The Morgan fingerprint density at radius 3 is 2.65 bits per heavy atom. The number of aliphatic hydroxyl groups excluding tert-OH is 1. The van der Waals surface area contributed by atoms with Gasteiger partial charge < -0.3 is 15.2 Å². The summed E-state index contributed by atoms with van der Waals surface area (Å²) in [6.07, 6.45) is 4.45. The predicted molar refractivity (Wildman–Crippen MR) is 101 cm³/mol. The van der Waals surface area contributed by atoms with Crippen LogP contribution in [0.3, 0.4) is 0 Å². The van der Waals surface area contributed by atoms with E-state index in [4.69, 9.17) is 4.74 Å². The summed E-state index contributed by atoms with van der Waals surface area (Å²) in [6, 6.07) is 11.6. The summed E-state index contributed by atoms with van der Waals surface area (Å²) in [4.78, 5) is 12.6. The number of aryl methyl sites for hydroxylation is 2. The summed E-state index contributed by atoms with van der Waals surface area (Å²) in [5, 5.41) is 13.2. The maximum absolute atomic E-state index is 10.2. The van der Waals surface area contributed by atoms with Gasteiger partial charge in [-0.3, -0.25) is 4.98 Å². The molecular weight excluding hydrogens is 328 g/mol. The maximum Gasteiger partial charge on any atom is 0.223 e. The minimum absolute atomic E-state index is 0.195. The number of benzene rings is 1. The van der Waals surface area contributed by atoms with Crippen LogP contribution in [-0.2, 0) is 0 Å². The molecule has 1 aromatic carbocycles. The van der Waals surface area contributed by atoms with Crippen molar-refractivity contribution in [1.82, 2.24) is 15.0 Å². The number of pyridine rings is 1. The molecule has 3 rings (SSSR count). The molecule has 0 radical (unpaired) electrons. The van der Waals surface area contributed by atoms with E-state index >= 15 is 0 Å². The highest BCUT2D eigenvalue weighted by Gasteiger charge is 2.08. The monoisotopic (exact) mass is 350 g/mol. The highest BCUT2D eigenvalue weighted by molar-refractivity contribution is 5.58. The summed E-state index contributed by atoms with van der Waals surface area (Å²) in [5.41, 5.74) is 4.00. The van der Waals surface area contributed by atoms with Crippen LogP contribution < -0.4 is 10.1 Å². The van der Waals surface area contributed by atoms with Crippen LogP contribution in [0.2, 0.25) is 0 Å². The first-order valence-electron chi connectivity index (χ1n) is 8.47. The Hall–Kier alpha value is -2.99. The van der Waals surface area contributed by atoms with Crippen LogP contribution >= 0.6 is 0 Å². The van der Waals surface area contributed by atoms with E-state index in [9.17, 15) is 5.11 Å². The zero-order chi connectivity index (χ0) is 18.4. The predicted octanol–water partition coefficient (Wildman–Crippen LogP) is 3.01. The van der Waals surface area contributed by atoms with Crippen molar-refractivity contribution in [2.24, 2.45) is 0 Å². The Morgan fingerprint density at radius 1 is 1.08 bits per heavy atom. The number of ether oxygens (including phenoxy) is 1. The lowest BCUT2D eigenvalue weighted by atomic mass is 10.1. The van der Waals surface area contributed by atoms with E-state index in [-0.39, 0.29) is 6.61 Å². The molecule has 2 N–H and O–H groups in total. The van der Waals surface area contributed by atoms with Gasteiger partial charge in [-0.1, -0.05) is 17.7 Å². The molecule has 134 valence electrons. The number of anilines is 1. The second-order valence-corrected chi connectivity index (χ2v) is 6.12. The van der Waals surface area contributed by atoms with Gasteiger partial charge in [0.2, 0.25) is 5.95 Å². The van der Waals surface area contributed by atoms with Gasteiger partial charge in [-0.25, -0.2) is 9.97 Å². The molecule has 0 aliphatic rings. The first kappa shape index (κ1) is 17.8. The summed E-state index contributed by atoms with van der Waals surface area (Å²) < 4.78 is 5.70. The normalized spacial score (nSPS) is 11.8. The molecule has 1 atom stereocenters. The SMILES string of the molecule is Cc1ccc(OC[C@@H](O)CNc2nccc(-c3ccncc3)n2)c(C)c1. The van der Waals surface area contributed by atoms with Crippen LogP contribution in [0.1, 0.15) is 11.1 Å². The zero-order valence-electron chi connectivity index (χ0n) is 14.9. The first-order chi connectivity index (χ1) is 12.6. The lowest BCUT2D eigenvalue weighted by Crippen LogP contribution is -2.27. The van der Waals surface area contributed by atoms with Gasteiger partial charge in [-0.2, -0.15) is 0 Å². The molecule has 0 fully saturated rings. The van der Waals surface area contributed by atoms with Crippen molar-refractivity contribution < 1.29 is 9.84 Å². The van der Waals surface area contributed by atoms with Gasteiger partial charge in [0, 0.05) is 30.7 Å². The molecule has 0 bridgehead atoms. The molecule has 26 heavy (non-hydrogen) atoms. The number of hydrogen-bond acceptors (Lipinski definition) is 6. The Balaban J connectivity index is 1.54. The summed E-state index contributed by atoms with van der Waals surface area (Å²) in [6.45, 7) is 4.52. The van der Waals surface area contributed by atoms with E-state index in [1.165, 1.54) is 5.56 Å². The second-order valence-electron chi connectivity index (χ2n) is 6.12. The van der Waals surface area contributed by atoms with Crippen LogP contribution in [0.25, 0.3) is 11.3 Å². The Morgan fingerprint density at radius 2 is 1.88 bits per heavy atom. The fraction of sp³-hybridized carbons (Fsp3) is 0.250. The molecule has 0 saturated carbocycles. The Kier molecular flexibility index (Phi) is 5.76. The summed E-state index contributed by atoms with van der Waals surface area (Å²) >= 11 is 0. The van der Waals surface area contributed by atoms with Gasteiger partial charge in [0.25, 0.3) is 0 Å². The average Bonchev–Trinajstić information content (AvgIpc) is 2.66. The van der Waals surface area contributed by atoms with Crippen LogP contribution in [0.15, 0.2) is 55.0 Å². The fourth-order valence-corrected chi connectivity index (χ4v) is 2.54. The molecule has 0 aliphatic heterocycles. The second kappa shape index (κ2) is 8.40. The summed E-state index contributed by atoms with van der Waals surface area (Å²) in [5.74, 6) is 1.25. The molecule has 0 amide bonds. The van der Waals surface area contributed by atoms with E-state index < -0.39 is 6.10 Å². The van der Waals surface area contributed by atoms with Crippen molar-refractivity contribution in [3.05, 3.63) is 66.1 Å². The molecule has 2 aromatic heterocycles. The van der Waals surface area contributed by atoms with Crippen LogP contribution in [-0.4, -0.2) is 39.3 Å². The number of rotatable bonds is 7. The standard InChI is InChI=1S/C20H22N4O2/c1-14-3-4-19(15(2)11-14)26-13-17(25)12-23-20-22-10-7-18(24-20)16-5-8-21-9-6-16/h3-11,17,25H,12-13H2,1-2H3,(H,22,23,24)/t17-/m0/s1. The van der Waals surface area contributed by atoms with Gasteiger partial charge >= 0.3 is 0 Å². The summed E-state index contributed by atoms with van der Waals surface area (Å²) in [7, 11) is 0. The topological polar surface area (TPSA) is 80.2 Å². The maximum atomic E-state index is 10.2. The van der Waals surface area contributed by atoms with Crippen LogP contribution in [0, 0.1) is 13.8 Å². The molecule has 6 nitrogen and oxygen atoms in total. The molecule has 0 spiro atoms. The number of aromatic nitrogens is 3. The zero-order valence-corrected chi connectivity index (χ0v) is 14.9. The van der Waals surface area contributed by atoms with Gasteiger partial charge in [0.1, 0.15) is 18.5 Å². The van der Waals surface area contributed by atoms with E-state index in [0.29, 0.717) is 12.5 Å². The molecular formula is C20H22N4O2. The molecule has 2 heterocycles. The lowest BCUT2D eigenvalue weighted by Gasteiger charge is -2.15. The number of nitrogens with zero attached hydrogens (tertiary/aromatic N) is 3. The molecule has 0 saturated heterocycles. The minimum Gasteiger partial charge on any atom is -0.491 e. The quantitative estimate of drug-likeness (QED) is 0.682. The Bertz CT molecular complexity index is 855.